The largest absolute Gasteiger partial charge is 0.481 e. The summed E-state index contributed by atoms with van der Waals surface area (Å²) in [5, 5.41) is 0. The molecule has 1 aromatic rings. The predicted molar refractivity (Wildman–Crippen MR) is 63.1 cm³/mol. The van der Waals surface area contributed by atoms with Gasteiger partial charge in [-0.3, -0.25) is 4.79 Å². The zero-order chi connectivity index (χ0) is 13.0. The molecule has 0 aromatic heterocycles. The SMILES string of the molecule is CC(Oc1ccc(CN)c(F)c1)C(=O)N(C)C. The first-order valence-electron chi connectivity index (χ1n) is 5.32. The summed E-state index contributed by atoms with van der Waals surface area (Å²) in [6.07, 6.45) is -0.645. The Morgan fingerprint density at radius 2 is 2.18 bits per heavy atom. The van der Waals surface area contributed by atoms with Crippen molar-refractivity contribution in [2.24, 2.45) is 5.73 Å². The van der Waals surface area contributed by atoms with E-state index in [2.05, 4.69) is 0 Å². The summed E-state index contributed by atoms with van der Waals surface area (Å²) in [5.74, 6) is -0.273. The van der Waals surface area contributed by atoms with Crippen LogP contribution >= 0.6 is 0 Å². The molecule has 0 aliphatic carbocycles. The minimum atomic E-state index is -0.645. The Balaban J connectivity index is 2.75. The summed E-state index contributed by atoms with van der Waals surface area (Å²) in [7, 11) is 3.28. The molecule has 0 saturated carbocycles. The quantitative estimate of drug-likeness (QED) is 0.858. The molecule has 94 valence electrons. The van der Waals surface area contributed by atoms with Crippen molar-refractivity contribution in [1.29, 1.82) is 0 Å². The molecule has 1 atom stereocenters. The standard InChI is InChI=1S/C12H17FN2O2/c1-8(12(16)15(2)3)17-10-5-4-9(7-14)11(13)6-10/h4-6,8H,7,14H2,1-3H3. The number of hydrogen-bond acceptors (Lipinski definition) is 3. The molecule has 0 bridgehead atoms. The molecule has 0 heterocycles. The van der Waals surface area contributed by atoms with Crippen LogP contribution in [0.3, 0.4) is 0 Å². The highest BCUT2D eigenvalue weighted by atomic mass is 19.1. The zero-order valence-corrected chi connectivity index (χ0v) is 10.2. The lowest BCUT2D eigenvalue weighted by atomic mass is 10.2. The maximum absolute atomic E-state index is 13.4. The number of hydrogen-bond donors (Lipinski definition) is 1. The molecule has 0 radical (unpaired) electrons. The van der Waals surface area contributed by atoms with Gasteiger partial charge in [0.2, 0.25) is 0 Å². The molecule has 1 aromatic carbocycles. The van der Waals surface area contributed by atoms with Gasteiger partial charge in [-0.2, -0.15) is 0 Å². The van der Waals surface area contributed by atoms with E-state index >= 15 is 0 Å². The highest BCUT2D eigenvalue weighted by molar-refractivity contribution is 5.80. The summed E-state index contributed by atoms with van der Waals surface area (Å²) < 4.78 is 18.8. The normalized spacial score (nSPS) is 12.1. The lowest BCUT2D eigenvalue weighted by molar-refractivity contribution is -0.135. The molecule has 0 aliphatic heterocycles. The number of rotatable bonds is 4. The third-order valence-corrected chi connectivity index (χ3v) is 2.35. The van der Waals surface area contributed by atoms with Crippen molar-refractivity contribution >= 4 is 5.91 Å². The van der Waals surface area contributed by atoms with Gasteiger partial charge in [0.25, 0.3) is 5.91 Å². The number of benzene rings is 1. The van der Waals surface area contributed by atoms with Gasteiger partial charge in [-0.25, -0.2) is 4.39 Å². The van der Waals surface area contributed by atoms with Crippen molar-refractivity contribution in [3.8, 4) is 5.75 Å². The molecule has 2 N–H and O–H groups in total. The van der Waals surface area contributed by atoms with Crippen LogP contribution in [0, 0.1) is 5.82 Å². The molecule has 1 rings (SSSR count). The highest BCUT2D eigenvalue weighted by Gasteiger charge is 2.16. The van der Waals surface area contributed by atoms with E-state index in [0.717, 1.165) is 0 Å². The van der Waals surface area contributed by atoms with Crippen LogP contribution in [-0.2, 0) is 11.3 Å². The molecule has 4 nitrogen and oxygen atoms in total. The minimum Gasteiger partial charge on any atom is -0.481 e. The first-order valence-corrected chi connectivity index (χ1v) is 5.32. The average molecular weight is 240 g/mol. The molecule has 1 amide bonds. The number of nitrogens with two attached hydrogens (primary N) is 1. The maximum atomic E-state index is 13.4. The number of carbonyl (C=O) groups is 1. The summed E-state index contributed by atoms with van der Waals surface area (Å²) in [6, 6.07) is 4.39. The van der Waals surface area contributed by atoms with E-state index in [-0.39, 0.29) is 12.5 Å². The molecule has 1 unspecified atom stereocenters. The Hall–Kier alpha value is -1.62. The summed E-state index contributed by atoms with van der Waals surface area (Å²) in [6.45, 7) is 1.76. The third-order valence-electron chi connectivity index (χ3n) is 2.35. The average Bonchev–Trinajstić information content (AvgIpc) is 2.28. The van der Waals surface area contributed by atoms with Gasteiger partial charge in [0.15, 0.2) is 6.10 Å². The fraction of sp³-hybridized carbons (Fsp3) is 0.417. The van der Waals surface area contributed by atoms with Crippen molar-refractivity contribution in [2.75, 3.05) is 14.1 Å². The number of likely N-dealkylation sites (N-methyl/N-ethyl adjacent to an activating group) is 1. The van der Waals surface area contributed by atoms with Gasteiger partial charge in [-0.05, 0) is 13.0 Å². The smallest absolute Gasteiger partial charge is 0.262 e. The summed E-state index contributed by atoms with van der Waals surface area (Å²) in [5.41, 5.74) is 5.77. The number of halogens is 1. The van der Waals surface area contributed by atoms with Gasteiger partial charge in [0, 0.05) is 32.3 Å². The van der Waals surface area contributed by atoms with Gasteiger partial charge in [-0.15, -0.1) is 0 Å². The van der Waals surface area contributed by atoms with Gasteiger partial charge in [0.1, 0.15) is 11.6 Å². The van der Waals surface area contributed by atoms with E-state index in [1.54, 1.807) is 33.2 Å². The first-order chi connectivity index (χ1) is 7.95. The van der Waals surface area contributed by atoms with E-state index < -0.39 is 11.9 Å². The molecule has 0 aliphatic rings. The second kappa shape index (κ2) is 5.63. The van der Waals surface area contributed by atoms with Gasteiger partial charge in [-0.1, -0.05) is 6.07 Å². The van der Waals surface area contributed by atoms with Gasteiger partial charge < -0.3 is 15.4 Å². The molecule has 0 spiro atoms. The van der Waals surface area contributed by atoms with Gasteiger partial charge >= 0.3 is 0 Å². The Morgan fingerprint density at radius 1 is 1.53 bits per heavy atom. The fourth-order valence-electron chi connectivity index (χ4n) is 1.39. The van der Waals surface area contributed by atoms with Crippen molar-refractivity contribution in [3.63, 3.8) is 0 Å². The topological polar surface area (TPSA) is 55.6 Å². The molecular formula is C12H17FN2O2. The lowest BCUT2D eigenvalue weighted by Crippen LogP contribution is -2.35. The van der Waals surface area contributed by atoms with E-state index in [0.29, 0.717) is 11.3 Å². The monoisotopic (exact) mass is 240 g/mol. The van der Waals surface area contributed by atoms with Crippen LogP contribution in [0.4, 0.5) is 4.39 Å². The Bertz CT molecular complexity index is 407. The molecule has 5 heteroatoms. The van der Waals surface area contributed by atoms with Crippen LogP contribution in [0.1, 0.15) is 12.5 Å². The fourth-order valence-corrected chi connectivity index (χ4v) is 1.39. The highest BCUT2D eigenvalue weighted by Crippen LogP contribution is 2.17. The molecule has 17 heavy (non-hydrogen) atoms. The van der Waals surface area contributed by atoms with E-state index in [1.807, 2.05) is 0 Å². The zero-order valence-electron chi connectivity index (χ0n) is 10.2. The summed E-state index contributed by atoms with van der Waals surface area (Å²) >= 11 is 0. The Kier molecular flexibility index (Phi) is 4.45. The van der Waals surface area contributed by atoms with Crippen LogP contribution in [0.15, 0.2) is 18.2 Å². The lowest BCUT2D eigenvalue weighted by Gasteiger charge is -2.18. The molecule has 0 saturated heterocycles. The molecular weight excluding hydrogens is 223 g/mol. The first kappa shape index (κ1) is 13.4. The number of carbonyl (C=O) groups excluding carboxylic acids is 1. The number of ether oxygens (including phenoxy) is 1. The van der Waals surface area contributed by atoms with E-state index in [1.165, 1.54) is 11.0 Å². The second-order valence-corrected chi connectivity index (χ2v) is 3.95. The summed E-state index contributed by atoms with van der Waals surface area (Å²) in [4.78, 5) is 13.0. The van der Waals surface area contributed by atoms with Crippen molar-refractivity contribution in [2.45, 2.75) is 19.6 Å². The molecule has 0 fully saturated rings. The van der Waals surface area contributed by atoms with Crippen molar-refractivity contribution < 1.29 is 13.9 Å². The Labute approximate surface area is 100 Å². The predicted octanol–water partition coefficient (Wildman–Crippen LogP) is 1.14. The van der Waals surface area contributed by atoms with Crippen LogP contribution in [-0.4, -0.2) is 31.0 Å². The van der Waals surface area contributed by atoms with E-state index in [4.69, 9.17) is 10.5 Å². The van der Waals surface area contributed by atoms with Gasteiger partial charge in [0.05, 0.1) is 0 Å². The van der Waals surface area contributed by atoms with Crippen LogP contribution in [0.2, 0.25) is 0 Å². The van der Waals surface area contributed by atoms with Crippen LogP contribution < -0.4 is 10.5 Å². The Morgan fingerprint density at radius 3 is 2.65 bits per heavy atom. The van der Waals surface area contributed by atoms with Crippen LogP contribution in [0.25, 0.3) is 0 Å². The third kappa shape index (κ3) is 3.42. The number of amides is 1. The van der Waals surface area contributed by atoms with Crippen LogP contribution in [0.5, 0.6) is 5.75 Å². The minimum absolute atomic E-state index is 0.137. The van der Waals surface area contributed by atoms with Crippen molar-refractivity contribution in [3.05, 3.63) is 29.6 Å². The van der Waals surface area contributed by atoms with Crippen molar-refractivity contribution in [1.82, 2.24) is 4.90 Å². The number of nitrogens with zero attached hydrogens (tertiary/aromatic N) is 1. The maximum Gasteiger partial charge on any atom is 0.262 e. The van der Waals surface area contributed by atoms with E-state index in [9.17, 15) is 9.18 Å². The second-order valence-electron chi connectivity index (χ2n) is 3.95.